The number of likely N-dealkylation sites (N-methyl/N-ethyl adjacent to an activating group) is 1. The Bertz CT molecular complexity index is 2410. The number of urea groups is 1. The minimum Gasteiger partial charge on any atom is -0.464 e. The lowest BCUT2D eigenvalue weighted by atomic mass is 9.84. The summed E-state index contributed by atoms with van der Waals surface area (Å²) in [5, 5.41) is 8.17. The Morgan fingerprint density at radius 2 is 1.82 bits per heavy atom. The number of cyclic esters (lactones) is 1. The largest absolute Gasteiger partial charge is 0.464 e. The number of benzene rings is 1. The molecule has 2 N–H and O–H groups in total. The van der Waals surface area contributed by atoms with Gasteiger partial charge in [0.05, 0.1) is 61.2 Å². The second kappa shape index (κ2) is 23.6. The number of aromatic nitrogens is 3. The summed E-state index contributed by atoms with van der Waals surface area (Å²) in [5.41, 5.74) is 8.82. The average Bonchev–Trinajstić information content (AvgIpc) is 3.87. The lowest BCUT2D eigenvalue weighted by molar-refractivity contribution is -0.232. The molecule has 0 aliphatic carbocycles. The summed E-state index contributed by atoms with van der Waals surface area (Å²) in [6, 6.07) is 7.42. The van der Waals surface area contributed by atoms with Crippen LogP contribution < -0.4 is 10.7 Å². The standard InChI is InChI=1S/C47H62N8O8S.4H2S/c1-9-54-37-15-14-30-20-32(37)33(41(54)31-12-10-16-48-39(31)29(4)60-8)22-46(5,6)25-62-44(58)34-13-11-17-55(51-34)43(57)35(21-38-49-36(30)23-64-38)50-42(56)40(28(2)3)52(7)45(59)53-18-19-63-47(24-53)26-61-27-47;;;;/h10,12,14-16,20,23,28-29,34-35,40,51H,9,11,13,17-19,21-22,24-27H2,1-8H3,(H,50,56);4*1H2/t29-,34-,35-,40-;;;;/m0..../s1. The van der Waals surface area contributed by atoms with Gasteiger partial charge in [0, 0.05) is 79.2 Å². The third-order valence-electron chi connectivity index (χ3n) is 13.0. The predicted octanol–water partition coefficient (Wildman–Crippen LogP) is 5.83. The van der Waals surface area contributed by atoms with Crippen LogP contribution in [-0.2, 0) is 52.7 Å². The molecule has 21 heteroatoms. The molecule has 376 valence electrons. The van der Waals surface area contributed by atoms with Crippen LogP contribution in [0.2, 0.25) is 0 Å². The predicted molar refractivity (Wildman–Crippen MR) is 284 cm³/mol. The smallest absolute Gasteiger partial charge is 0.324 e. The third kappa shape index (κ3) is 11.6. The molecular formula is C47H70N8O8S5. The van der Waals surface area contributed by atoms with Crippen molar-refractivity contribution in [3.8, 4) is 22.5 Å². The number of thiazole rings is 1. The Morgan fingerprint density at radius 3 is 2.50 bits per heavy atom. The summed E-state index contributed by atoms with van der Waals surface area (Å²) in [5.74, 6) is -1.60. The molecule has 68 heavy (non-hydrogen) atoms. The molecule has 6 bridgehead atoms. The average molecular weight is 1040 g/mol. The molecule has 0 unspecified atom stereocenters. The molecule has 4 aromatic rings. The fourth-order valence-electron chi connectivity index (χ4n) is 9.60. The Morgan fingerprint density at radius 1 is 1.07 bits per heavy atom. The number of pyridine rings is 1. The number of hydrogen-bond acceptors (Lipinski definition) is 12. The highest BCUT2D eigenvalue weighted by Gasteiger charge is 2.46. The van der Waals surface area contributed by atoms with Gasteiger partial charge < -0.3 is 38.6 Å². The minimum atomic E-state index is -1.06. The van der Waals surface area contributed by atoms with Gasteiger partial charge in [-0.15, -0.1) is 11.3 Å². The van der Waals surface area contributed by atoms with Crippen LogP contribution in [0.1, 0.15) is 76.8 Å². The fraction of sp³-hybridized carbons (Fsp3) is 0.574. The minimum absolute atomic E-state index is 0. The Labute approximate surface area is 431 Å². The molecule has 0 radical (unpaired) electrons. The van der Waals surface area contributed by atoms with Crippen molar-refractivity contribution in [1.82, 2.24) is 40.1 Å². The monoisotopic (exact) mass is 1030 g/mol. The molecule has 4 aliphatic rings. The number of ether oxygens (including phenoxy) is 4. The van der Waals surface area contributed by atoms with E-state index in [4.69, 9.17) is 28.9 Å². The number of carbonyl (C=O) groups excluding carboxylic acids is 4. The number of nitrogens with zero attached hydrogens (tertiary/aromatic N) is 6. The number of morpholine rings is 1. The first-order valence-electron chi connectivity index (χ1n) is 22.5. The van der Waals surface area contributed by atoms with E-state index in [0.29, 0.717) is 70.3 Å². The number of aryl methyl sites for hydroxylation is 1. The van der Waals surface area contributed by atoms with Gasteiger partial charge in [0.1, 0.15) is 23.7 Å². The Balaban J connectivity index is 0.00000252. The van der Waals surface area contributed by atoms with Crippen molar-refractivity contribution in [3.05, 3.63) is 58.2 Å². The quantitative estimate of drug-likeness (QED) is 0.204. The zero-order chi connectivity index (χ0) is 45.5. The van der Waals surface area contributed by atoms with E-state index in [1.165, 1.54) is 21.2 Å². The SMILES string of the molecule is CCn1c(-c2cccnc2[C@H](C)OC)c2c3cc(ccc31)-c1csc(n1)C[C@H](NC(=O)[C@H](C(C)C)N(C)C(=O)N1CCOC3(COC3)C1)C(=O)N1CCC[C@H](N1)C(=O)OCC(C)(C)C2.S.S.S.S. The van der Waals surface area contributed by atoms with Gasteiger partial charge in [0.15, 0.2) is 0 Å². The number of nitrogens with one attached hydrogen (secondary N) is 2. The summed E-state index contributed by atoms with van der Waals surface area (Å²) in [6.45, 7) is 15.3. The van der Waals surface area contributed by atoms with Gasteiger partial charge in [0.2, 0.25) is 5.91 Å². The van der Waals surface area contributed by atoms with Gasteiger partial charge in [-0.2, -0.15) is 54.0 Å². The van der Waals surface area contributed by atoms with E-state index in [0.717, 1.165) is 44.7 Å². The van der Waals surface area contributed by atoms with Crippen molar-refractivity contribution in [1.29, 1.82) is 0 Å². The molecule has 7 heterocycles. The molecule has 8 rings (SSSR count). The number of hydrogen-bond donors (Lipinski definition) is 2. The van der Waals surface area contributed by atoms with Crippen molar-refractivity contribution in [2.75, 3.05) is 60.2 Å². The molecule has 3 saturated heterocycles. The topological polar surface area (TPSA) is 170 Å². The van der Waals surface area contributed by atoms with E-state index in [1.807, 2.05) is 32.2 Å². The van der Waals surface area contributed by atoms with Crippen LogP contribution in [0.25, 0.3) is 33.4 Å². The van der Waals surface area contributed by atoms with Crippen LogP contribution >= 0.6 is 65.3 Å². The highest BCUT2D eigenvalue weighted by molar-refractivity contribution is 7.59. The van der Waals surface area contributed by atoms with Gasteiger partial charge >= 0.3 is 12.0 Å². The molecule has 1 aromatic carbocycles. The van der Waals surface area contributed by atoms with Gasteiger partial charge in [-0.05, 0) is 68.9 Å². The van der Waals surface area contributed by atoms with Crippen molar-refractivity contribution in [2.45, 2.75) is 104 Å². The summed E-state index contributed by atoms with van der Waals surface area (Å²) >= 11 is 1.42. The maximum atomic E-state index is 14.6. The first-order chi connectivity index (χ1) is 30.6. The number of methoxy groups -OCH3 is 1. The highest BCUT2D eigenvalue weighted by atomic mass is 32.1. The number of esters is 1. The van der Waals surface area contributed by atoms with E-state index in [-0.39, 0.29) is 85.1 Å². The van der Waals surface area contributed by atoms with E-state index >= 15 is 0 Å². The van der Waals surface area contributed by atoms with Crippen LogP contribution in [0.4, 0.5) is 4.79 Å². The molecule has 1 spiro atoms. The molecule has 4 atom stereocenters. The van der Waals surface area contributed by atoms with Gasteiger partial charge in [-0.1, -0.05) is 33.8 Å². The normalized spacial score (nSPS) is 20.8. The second-order valence-electron chi connectivity index (χ2n) is 18.8. The van der Waals surface area contributed by atoms with Crippen LogP contribution in [0.5, 0.6) is 0 Å². The van der Waals surface area contributed by atoms with Gasteiger partial charge in [0.25, 0.3) is 5.91 Å². The first-order valence-corrected chi connectivity index (χ1v) is 23.4. The summed E-state index contributed by atoms with van der Waals surface area (Å²) in [6.07, 6.45) is 3.25. The van der Waals surface area contributed by atoms with Crippen molar-refractivity contribution < 1.29 is 38.1 Å². The summed E-state index contributed by atoms with van der Waals surface area (Å²) in [4.78, 5) is 70.0. The number of hydrazine groups is 1. The maximum Gasteiger partial charge on any atom is 0.324 e. The van der Waals surface area contributed by atoms with Crippen LogP contribution in [-0.4, -0.2) is 137 Å². The molecule has 4 aliphatic heterocycles. The third-order valence-corrected chi connectivity index (χ3v) is 13.9. The number of fused-ring (bicyclic) bond motifs is 6. The van der Waals surface area contributed by atoms with Gasteiger partial charge in [-0.25, -0.2) is 15.2 Å². The van der Waals surface area contributed by atoms with Gasteiger partial charge in [-0.3, -0.25) is 24.4 Å². The van der Waals surface area contributed by atoms with Crippen LogP contribution in [0, 0.1) is 11.3 Å². The van der Waals surface area contributed by atoms with Crippen molar-refractivity contribution in [2.24, 2.45) is 11.3 Å². The maximum absolute atomic E-state index is 14.6. The van der Waals surface area contributed by atoms with E-state index in [1.54, 1.807) is 25.3 Å². The zero-order valence-corrected chi connectivity index (χ0v) is 45.1. The summed E-state index contributed by atoms with van der Waals surface area (Å²) in [7, 11) is 3.32. The molecular weight excluding hydrogens is 965 g/mol. The van der Waals surface area contributed by atoms with E-state index in [9.17, 15) is 19.2 Å². The summed E-state index contributed by atoms with van der Waals surface area (Å²) < 4.78 is 25.6. The van der Waals surface area contributed by atoms with E-state index < -0.39 is 46.9 Å². The molecule has 3 fully saturated rings. The van der Waals surface area contributed by atoms with Crippen molar-refractivity contribution >= 4 is 100 Å². The fourth-order valence-corrected chi connectivity index (χ4v) is 10.5. The van der Waals surface area contributed by atoms with Crippen molar-refractivity contribution in [3.63, 3.8) is 0 Å². The number of carbonyl (C=O) groups is 4. The van der Waals surface area contributed by atoms with Crippen LogP contribution in [0.3, 0.4) is 0 Å². The first kappa shape index (κ1) is 57.0. The zero-order valence-electron chi connectivity index (χ0n) is 40.3. The number of amides is 4. The Kier molecular flexibility index (Phi) is 19.8. The van der Waals surface area contributed by atoms with Crippen LogP contribution in [0.15, 0.2) is 41.9 Å². The number of rotatable bonds is 8. The lowest BCUT2D eigenvalue weighted by Gasteiger charge is -2.48. The molecule has 4 amide bonds. The second-order valence-corrected chi connectivity index (χ2v) is 19.7. The highest BCUT2D eigenvalue weighted by Crippen LogP contribution is 2.42. The Hall–Kier alpha value is -3.54. The van der Waals surface area contributed by atoms with E-state index in [2.05, 4.69) is 60.3 Å². The lowest BCUT2D eigenvalue weighted by Crippen LogP contribution is -2.66. The molecule has 16 nitrogen and oxygen atoms in total. The molecule has 0 saturated carbocycles. The molecule has 3 aromatic heterocycles.